The largest absolute Gasteiger partial charge is 0.444 e. The Kier molecular flexibility index (Phi) is 5.97. The first kappa shape index (κ1) is 19.0. The van der Waals surface area contributed by atoms with Gasteiger partial charge in [0.25, 0.3) is 5.91 Å². The molecule has 0 aliphatic rings. The van der Waals surface area contributed by atoms with Crippen LogP contribution < -0.4 is 5.32 Å². The Morgan fingerprint density at radius 1 is 0.786 bits per heavy atom. The SMILES string of the molecule is CC(=O)c1cccc(NC(=O)[C@@H](OC(=O)c2ccccc2)c2ccccc2)c1. The second-order valence-corrected chi connectivity index (χ2v) is 6.19. The molecule has 3 aromatic rings. The van der Waals surface area contributed by atoms with Crippen LogP contribution in [0.3, 0.4) is 0 Å². The maximum Gasteiger partial charge on any atom is 0.339 e. The van der Waals surface area contributed by atoms with Crippen LogP contribution in [0.1, 0.15) is 39.3 Å². The van der Waals surface area contributed by atoms with E-state index in [2.05, 4.69) is 5.32 Å². The van der Waals surface area contributed by atoms with Crippen LogP contribution in [0.4, 0.5) is 5.69 Å². The summed E-state index contributed by atoms with van der Waals surface area (Å²) < 4.78 is 5.52. The molecule has 1 amide bonds. The van der Waals surface area contributed by atoms with Gasteiger partial charge in [-0.1, -0.05) is 60.7 Å². The van der Waals surface area contributed by atoms with Gasteiger partial charge in [0, 0.05) is 16.8 Å². The lowest BCUT2D eigenvalue weighted by molar-refractivity contribution is -0.125. The molecule has 0 bridgehead atoms. The van der Waals surface area contributed by atoms with Crippen LogP contribution in [0.5, 0.6) is 0 Å². The van der Waals surface area contributed by atoms with Crippen molar-refractivity contribution in [2.45, 2.75) is 13.0 Å². The number of hydrogen-bond acceptors (Lipinski definition) is 4. The van der Waals surface area contributed by atoms with Crippen LogP contribution in [0, 0.1) is 0 Å². The van der Waals surface area contributed by atoms with E-state index >= 15 is 0 Å². The molecule has 0 spiro atoms. The highest BCUT2D eigenvalue weighted by molar-refractivity contribution is 6.00. The van der Waals surface area contributed by atoms with Crippen LogP contribution in [0.25, 0.3) is 0 Å². The Hall–Kier alpha value is -3.73. The number of nitrogens with one attached hydrogen (secondary N) is 1. The van der Waals surface area contributed by atoms with Crippen molar-refractivity contribution in [2.24, 2.45) is 0 Å². The van der Waals surface area contributed by atoms with E-state index in [4.69, 9.17) is 4.74 Å². The van der Waals surface area contributed by atoms with Gasteiger partial charge in [-0.05, 0) is 31.2 Å². The zero-order valence-corrected chi connectivity index (χ0v) is 15.3. The molecule has 5 nitrogen and oxygen atoms in total. The van der Waals surface area contributed by atoms with E-state index < -0.39 is 18.0 Å². The Morgan fingerprint density at radius 2 is 1.39 bits per heavy atom. The van der Waals surface area contributed by atoms with E-state index in [1.807, 2.05) is 6.07 Å². The molecule has 0 saturated heterocycles. The predicted octanol–water partition coefficient (Wildman–Crippen LogP) is 4.43. The summed E-state index contributed by atoms with van der Waals surface area (Å²) in [6, 6.07) is 23.9. The number of rotatable bonds is 6. The predicted molar refractivity (Wildman–Crippen MR) is 106 cm³/mol. The Bertz CT molecular complexity index is 984. The van der Waals surface area contributed by atoms with Crippen LogP contribution in [-0.4, -0.2) is 17.7 Å². The molecule has 0 unspecified atom stereocenters. The van der Waals surface area contributed by atoms with Gasteiger partial charge in [-0.25, -0.2) is 4.79 Å². The van der Waals surface area contributed by atoms with Crippen molar-refractivity contribution in [3.05, 3.63) is 102 Å². The molecule has 140 valence electrons. The van der Waals surface area contributed by atoms with Crippen molar-refractivity contribution in [1.29, 1.82) is 0 Å². The van der Waals surface area contributed by atoms with E-state index in [0.717, 1.165) is 0 Å². The van der Waals surface area contributed by atoms with E-state index in [0.29, 0.717) is 22.4 Å². The number of benzene rings is 3. The number of Topliss-reactive ketones (excluding diaryl/α,β-unsaturated/α-hetero) is 1. The molecule has 3 rings (SSSR count). The summed E-state index contributed by atoms with van der Waals surface area (Å²) in [7, 11) is 0. The van der Waals surface area contributed by atoms with Gasteiger partial charge in [0.2, 0.25) is 6.10 Å². The van der Waals surface area contributed by atoms with E-state index in [9.17, 15) is 14.4 Å². The van der Waals surface area contributed by atoms with Gasteiger partial charge >= 0.3 is 5.97 Å². The number of esters is 1. The maximum absolute atomic E-state index is 12.9. The van der Waals surface area contributed by atoms with Gasteiger partial charge in [-0.15, -0.1) is 0 Å². The number of anilines is 1. The number of carbonyl (C=O) groups excluding carboxylic acids is 3. The number of ether oxygens (including phenoxy) is 1. The van der Waals surface area contributed by atoms with Gasteiger partial charge in [-0.2, -0.15) is 0 Å². The third-order valence-corrected chi connectivity index (χ3v) is 4.11. The highest BCUT2D eigenvalue weighted by Gasteiger charge is 2.25. The molecule has 0 radical (unpaired) electrons. The number of hydrogen-bond donors (Lipinski definition) is 1. The summed E-state index contributed by atoms with van der Waals surface area (Å²) in [5, 5.41) is 2.72. The molecule has 0 fully saturated rings. The first-order valence-corrected chi connectivity index (χ1v) is 8.77. The molecule has 1 atom stereocenters. The summed E-state index contributed by atoms with van der Waals surface area (Å²) in [5.41, 5.74) is 1.84. The third-order valence-electron chi connectivity index (χ3n) is 4.11. The lowest BCUT2D eigenvalue weighted by Gasteiger charge is -2.18. The smallest absolute Gasteiger partial charge is 0.339 e. The summed E-state index contributed by atoms with van der Waals surface area (Å²) in [4.78, 5) is 36.9. The monoisotopic (exact) mass is 373 g/mol. The molecular weight excluding hydrogens is 354 g/mol. The van der Waals surface area contributed by atoms with Gasteiger partial charge in [-0.3, -0.25) is 9.59 Å². The molecule has 1 N–H and O–H groups in total. The molecule has 0 heterocycles. The van der Waals surface area contributed by atoms with Gasteiger partial charge in [0.05, 0.1) is 5.56 Å². The summed E-state index contributed by atoms with van der Waals surface area (Å²) >= 11 is 0. The number of carbonyl (C=O) groups is 3. The standard InChI is InChI=1S/C23H19NO4/c1-16(25)19-13-8-14-20(15-19)24-22(26)21(17-9-4-2-5-10-17)28-23(27)18-11-6-3-7-12-18/h2-15,21H,1H3,(H,24,26)/t21-/m0/s1. The molecule has 28 heavy (non-hydrogen) atoms. The van der Waals surface area contributed by atoms with Crippen LogP contribution in [0.2, 0.25) is 0 Å². The quantitative estimate of drug-likeness (QED) is 0.513. The molecule has 0 aliphatic carbocycles. The minimum absolute atomic E-state index is 0.105. The lowest BCUT2D eigenvalue weighted by atomic mass is 10.1. The van der Waals surface area contributed by atoms with Gasteiger partial charge < -0.3 is 10.1 Å². The average Bonchev–Trinajstić information content (AvgIpc) is 2.73. The van der Waals surface area contributed by atoms with Crippen molar-refractivity contribution >= 4 is 23.3 Å². The average molecular weight is 373 g/mol. The number of ketones is 1. The highest BCUT2D eigenvalue weighted by atomic mass is 16.5. The fourth-order valence-corrected chi connectivity index (χ4v) is 2.67. The van der Waals surface area contributed by atoms with Crippen molar-refractivity contribution in [1.82, 2.24) is 0 Å². The summed E-state index contributed by atoms with van der Waals surface area (Å²) in [6.45, 7) is 1.45. The van der Waals surface area contributed by atoms with E-state index in [-0.39, 0.29) is 5.78 Å². The molecule has 0 saturated carbocycles. The minimum atomic E-state index is -1.13. The van der Waals surface area contributed by atoms with Crippen LogP contribution in [-0.2, 0) is 9.53 Å². The maximum atomic E-state index is 12.9. The molecule has 5 heteroatoms. The van der Waals surface area contributed by atoms with Crippen LogP contribution >= 0.6 is 0 Å². The Labute approximate surface area is 163 Å². The molecule has 0 aromatic heterocycles. The zero-order chi connectivity index (χ0) is 19.9. The second-order valence-electron chi connectivity index (χ2n) is 6.19. The van der Waals surface area contributed by atoms with Gasteiger partial charge in [0.15, 0.2) is 5.78 Å². The fourth-order valence-electron chi connectivity index (χ4n) is 2.67. The first-order valence-electron chi connectivity index (χ1n) is 8.77. The first-order chi connectivity index (χ1) is 13.5. The van der Waals surface area contributed by atoms with Crippen LogP contribution in [0.15, 0.2) is 84.9 Å². The lowest BCUT2D eigenvalue weighted by Crippen LogP contribution is -2.26. The fraction of sp³-hybridized carbons (Fsp3) is 0.0870. The number of amides is 1. The van der Waals surface area contributed by atoms with E-state index in [1.54, 1.807) is 78.9 Å². The molecule has 0 aliphatic heterocycles. The summed E-state index contributed by atoms with van der Waals surface area (Å²) in [5.74, 6) is -1.20. The zero-order valence-electron chi connectivity index (χ0n) is 15.3. The van der Waals surface area contributed by atoms with Crippen molar-refractivity contribution in [2.75, 3.05) is 5.32 Å². The highest BCUT2D eigenvalue weighted by Crippen LogP contribution is 2.22. The van der Waals surface area contributed by atoms with E-state index in [1.165, 1.54) is 6.92 Å². The van der Waals surface area contributed by atoms with Crippen molar-refractivity contribution in [3.8, 4) is 0 Å². The Balaban J connectivity index is 1.84. The van der Waals surface area contributed by atoms with Gasteiger partial charge in [0.1, 0.15) is 0 Å². The third kappa shape index (κ3) is 4.71. The topological polar surface area (TPSA) is 72.5 Å². The van der Waals surface area contributed by atoms with Crippen molar-refractivity contribution < 1.29 is 19.1 Å². The molecular formula is C23H19NO4. The van der Waals surface area contributed by atoms with Crippen molar-refractivity contribution in [3.63, 3.8) is 0 Å². The molecule has 3 aromatic carbocycles. The summed E-state index contributed by atoms with van der Waals surface area (Å²) in [6.07, 6.45) is -1.13. The normalized spacial score (nSPS) is 11.3. The minimum Gasteiger partial charge on any atom is -0.444 e. The Morgan fingerprint density at radius 3 is 2.04 bits per heavy atom. The second kappa shape index (κ2) is 8.77.